The number of nitrogens with zero attached hydrogens (tertiary/aromatic N) is 2. The Morgan fingerprint density at radius 1 is 0.797 bits per heavy atom. The molecule has 5 rings (SSSR count). The molecule has 1 aromatic heterocycles. The highest BCUT2D eigenvalue weighted by Crippen LogP contribution is 2.38. The number of aryl methyl sites for hydroxylation is 1. The SMILES string of the molecule is Cc1c(COc2cc(OCc3cncc(C#N)c3)c(CC[C@@](C)(CO)C(=O)O)cc2Cl)cccc1-c1cccc(-c2ccc(OCCN[C@@](C)(CO)C(=O)O)cc2)c1C. The second-order valence-electron chi connectivity index (χ2n) is 14.8. The van der Waals surface area contributed by atoms with Crippen molar-refractivity contribution in [1.29, 1.82) is 5.26 Å². The summed E-state index contributed by atoms with van der Waals surface area (Å²) in [5.41, 5.74) is 6.09. The number of carbonyl (C=O) groups is 2. The highest BCUT2D eigenvalue weighted by molar-refractivity contribution is 6.32. The molecule has 13 heteroatoms. The van der Waals surface area contributed by atoms with Gasteiger partial charge >= 0.3 is 11.9 Å². The van der Waals surface area contributed by atoms with Crippen LogP contribution in [0.2, 0.25) is 5.02 Å². The summed E-state index contributed by atoms with van der Waals surface area (Å²) in [5, 5.41) is 50.8. The number of carboxylic acid groups (broad SMARTS) is 2. The van der Waals surface area contributed by atoms with Gasteiger partial charge in [0.25, 0.3) is 0 Å². The van der Waals surface area contributed by atoms with Crippen LogP contribution in [0.25, 0.3) is 22.3 Å². The lowest BCUT2D eigenvalue weighted by molar-refractivity contribution is -0.150. The zero-order valence-corrected chi connectivity index (χ0v) is 34.2. The summed E-state index contributed by atoms with van der Waals surface area (Å²) in [5.74, 6) is -0.821. The minimum Gasteiger partial charge on any atom is -0.492 e. The molecule has 0 saturated carbocycles. The summed E-state index contributed by atoms with van der Waals surface area (Å²) in [4.78, 5) is 27.4. The molecule has 4 aromatic carbocycles. The summed E-state index contributed by atoms with van der Waals surface area (Å²) >= 11 is 6.78. The fourth-order valence-corrected chi connectivity index (χ4v) is 6.66. The summed E-state index contributed by atoms with van der Waals surface area (Å²) < 4.78 is 18.4. The molecule has 5 N–H and O–H groups in total. The highest BCUT2D eigenvalue weighted by Gasteiger charge is 2.33. The maximum absolute atomic E-state index is 11.9. The quantitative estimate of drug-likeness (QED) is 0.0486. The number of hydrogen-bond acceptors (Lipinski definition) is 10. The Morgan fingerprint density at radius 3 is 2.14 bits per heavy atom. The van der Waals surface area contributed by atoms with E-state index in [0.717, 1.165) is 38.9 Å². The Morgan fingerprint density at radius 2 is 1.47 bits per heavy atom. The molecule has 0 spiro atoms. The van der Waals surface area contributed by atoms with Crippen LogP contribution in [-0.2, 0) is 29.2 Å². The van der Waals surface area contributed by atoms with Gasteiger partial charge in [0.15, 0.2) is 0 Å². The van der Waals surface area contributed by atoms with Gasteiger partial charge in [-0.25, -0.2) is 0 Å². The molecule has 59 heavy (non-hydrogen) atoms. The average Bonchev–Trinajstić information content (AvgIpc) is 3.24. The van der Waals surface area contributed by atoms with Crippen molar-refractivity contribution in [2.75, 3.05) is 26.4 Å². The molecule has 0 fully saturated rings. The largest absolute Gasteiger partial charge is 0.492 e. The van der Waals surface area contributed by atoms with Crippen LogP contribution in [0.5, 0.6) is 17.2 Å². The summed E-state index contributed by atoms with van der Waals surface area (Å²) in [6.07, 6.45) is 3.45. The fourth-order valence-electron chi connectivity index (χ4n) is 6.42. The van der Waals surface area contributed by atoms with Gasteiger partial charge in [-0.2, -0.15) is 5.26 Å². The monoisotopic (exact) mass is 821 g/mol. The van der Waals surface area contributed by atoms with Crippen molar-refractivity contribution in [1.82, 2.24) is 10.3 Å². The molecule has 5 aromatic rings. The van der Waals surface area contributed by atoms with Crippen LogP contribution in [0.3, 0.4) is 0 Å². The molecule has 0 amide bonds. The van der Waals surface area contributed by atoms with Gasteiger partial charge in [-0.3, -0.25) is 19.9 Å². The first kappa shape index (κ1) is 44.1. The smallest absolute Gasteiger partial charge is 0.326 e. The maximum Gasteiger partial charge on any atom is 0.326 e. The topological polar surface area (TPSA) is 191 Å². The molecule has 0 aliphatic heterocycles. The Balaban J connectivity index is 1.33. The number of benzene rings is 4. The number of pyridine rings is 1. The minimum absolute atomic E-state index is 0.0872. The first-order valence-electron chi connectivity index (χ1n) is 19.0. The zero-order valence-electron chi connectivity index (χ0n) is 33.4. The summed E-state index contributed by atoms with van der Waals surface area (Å²) in [6.45, 7) is 6.70. The molecule has 0 bridgehead atoms. The van der Waals surface area contributed by atoms with Crippen LogP contribution in [-0.4, -0.2) is 69.3 Å². The predicted octanol–water partition coefficient (Wildman–Crippen LogP) is 7.54. The van der Waals surface area contributed by atoms with E-state index in [4.69, 9.17) is 25.8 Å². The molecule has 0 aliphatic carbocycles. The third-order valence-electron chi connectivity index (χ3n) is 10.5. The van der Waals surface area contributed by atoms with E-state index in [2.05, 4.69) is 41.5 Å². The molecular formula is C46H48ClN3O9. The van der Waals surface area contributed by atoms with E-state index >= 15 is 0 Å². The van der Waals surface area contributed by atoms with E-state index < -0.39 is 36.1 Å². The van der Waals surface area contributed by atoms with Crippen molar-refractivity contribution >= 4 is 23.5 Å². The molecule has 1 heterocycles. The Bertz CT molecular complexity index is 2330. The molecule has 0 radical (unpaired) electrons. The Labute approximate surface area is 348 Å². The van der Waals surface area contributed by atoms with E-state index in [9.17, 15) is 35.3 Å². The van der Waals surface area contributed by atoms with Crippen LogP contribution in [0.4, 0.5) is 0 Å². The second-order valence-corrected chi connectivity index (χ2v) is 15.3. The highest BCUT2D eigenvalue weighted by atomic mass is 35.5. The fraction of sp³-hybridized carbons (Fsp3) is 0.304. The van der Waals surface area contributed by atoms with Crippen molar-refractivity contribution in [3.63, 3.8) is 0 Å². The Hall–Kier alpha value is -5.97. The lowest BCUT2D eigenvalue weighted by atomic mass is 9.85. The van der Waals surface area contributed by atoms with E-state index in [-0.39, 0.29) is 39.2 Å². The van der Waals surface area contributed by atoms with E-state index in [1.54, 1.807) is 24.4 Å². The number of aliphatic carboxylic acids is 2. The standard InChI is InChI=1S/C46H48ClN3O9/c1-29-35(26-59-42-21-41(58-25-32-19-31(22-48)23-49-24-32)34(20-40(42)47)15-16-45(3,27-51)43(53)54)7-5-9-38(29)39-10-6-8-37(30(39)2)33-11-13-36(14-12-33)57-18-17-50-46(4,28-52)44(55)56/h5-14,19-21,23-24,50-52H,15-18,25-28H2,1-4H3,(H,53,54)(H,55,56)/t45-,46-/m0/s1. The number of aromatic nitrogens is 1. The van der Waals surface area contributed by atoms with Gasteiger partial charge in [0, 0.05) is 30.6 Å². The van der Waals surface area contributed by atoms with E-state index in [1.165, 1.54) is 20.0 Å². The molecule has 308 valence electrons. The van der Waals surface area contributed by atoms with Crippen LogP contribution in [0.15, 0.2) is 91.3 Å². The molecule has 2 atom stereocenters. The van der Waals surface area contributed by atoms with Crippen LogP contribution < -0.4 is 19.5 Å². The van der Waals surface area contributed by atoms with Crippen molar-refractivity contribution in [2.45, 2.75) is 59.3 Å². The summed E-state index contributed by atoms with van der Waals surface area (Å²) in [6, 6.07) is 27.0. The molecular weight excluding hydrogens is 774 g/mol. The number of aliphatic hydroxyl groups is 2. The number of nitrogens with one attached hydrogen (secondary N) is 1. The zero-order chi connectivity index (χ0) is 42.7. The van der Waals surface area contributed by atoms with Crippen LogP contribution in [0, 0.1) is 30.6 Å². The lowest BCUT2D eigenvalue weighted by Crippen LogP contribution is -2.53. The van der Waals surface area contributed by atoms with Gasteiger partial charge < -0.3 is 34.6 Å². The normalized spacial score (nSPS) is 13.1. The third-order valence-corrected chi connectivity index (χ3v) is 10.8. The molecule has 12 nitrogen and oxygen atoms in total. The van der Waals surface area contributed by atoms with Gasteiger partial charge in [-0.1, -0.05) is 60.1 Å². The first-order chi connectivity index (χ1) is 28.2. The lowest BCUT2D eigenvalue weighted by Gasteiger charge is -2.23. The number of hydrogen-bond donors (Lipinski definition) is 5. The number of rotatable bonds is 20. The molecule has 0 saturated heterocycles. The van der Waals surface area contributed by atoms with Gasteiger partial charge in [0.2, 0.25) is 0 Å². The second kappa shape index (κ2) is 19.7. The van der Waals surface area contributed by atoms with Crippen LogP contribution in [0.1, 0.15) is 53.6 Å². The number of nitriles is 1. The van der Waals surface area contributed by atoms with Crippen molar-refractivity contribution < 1.29 is 44.2 Å². The molecule has 0 aliphatic rings. The Kier molecular flexibility index (Phi) is 14.7. The number of ether oxygens (including phenoxy) is 3. The number of halogens is 1. The summed E-state index contributed by atoms with van der Waals surface area (Å²) in [7, 11) is 0. The van der Waals surface area contributed by atoms with Crippen molar-refractivity contribution in [3.8, 4) is 45.6 Å². The maximum atomic E-state index is 11.9. The number of carboxylic acids is 2. The van der Waals surface area contributed by atoms with Gasteiger partial charge in [-0.15, -0.1) is 0 Å². The van der Waals surface area contributed by atoms with Crippen molar-refractivity contribution in [2.24, 2.45) is 5.41 Å². The van der Waals surface area contributed by atoms with Gasteiger partial charge in [0.05, 0.1) is 29.2 Å². The van der Waals surface area contributed by atoms with Crippen molar-refractivity contribution in [3.05, 3.63) is 130 Å². The van der Waals surface area contributed by atoms with Crippen LogP contribution >= 0.6 is 11.6 Å². The average molecular weight is 822 g/mol. The minimum atomic E-state index is -1.44. The predicted molar refractivity (Wildman–Crippen MR) is 224 cm³/mol. The van der Waals surface area contributed by atoms with Gasteiger partial charge in [0.1, 0.15) is 48.7 Å². The number of aliphatic hydroxyl groups excluding tert-OH is 2. The third kappa shape index (κ3) is 10.8. The first-order valence-corrected chi connectivity index (χ1v) is 19.4. The molecule has 0 unspecified atom stereocenters. The van der Waals surface area contributed by atoms with Gasteiger partial charge in [-0.05, 0) is 109 Å². The van der Waals surface area contributed by atoms with E-state index in [0.29, 0.717) is 39.0 Å². The van der Waals surface area contributed by atoms with E-state index in [1.807, 2.05) is 49.4 Å².